The van der Waals surface area contributed by atoms with Crippen molar-refractivity contribution >= 4 is 29.1 Å². The molecule has 162 valence electrons. The molecule has 1 fully saturated rings. The topological polar surface area (TPSA) is 35.6 Å². The standard InChI is InChI=1S/C24H31Cl2N3O/c1-18-3-6-21(7-4-18)24(30)27-16-19(2)9-10-28-11-13-29(14-12-28)17-20-5-8-22(25)23(26)15-20/h3-8,15,19H,9-14,16-17H2,1-2H3,(H,27,30)/t19-/m0/s1. The van der Waals surface area contributed by atoms with Crippen molar-refractivity contribution in [1.82, 2.24) is 15.1 Å². The van der Waals surface area contributed by atoms with Crippen molar-refractivity contribution in [2.75, 3.05) is 39.3 Å². The highest BCUT2D eigenvalue weighted by Crippen LogP contribution is 2.23. The lowest BCUT2D eigenvalue weighted by molar-refractivity contribution is 0.0943. The summed E-state index contributed by atoms with van der Waals surface area (Å²) in [6.45, 7) is 11.2. The van der Waals surface area contributed by atoms with Crippen LogP contribution in [0, 0.1) is 12.8 Å². The molecule has 1 atom stereocenters. The van der Waals surface area contributed by atoms with E-state index < -0.39 is 0 Å². The van der Waals surface area contributed by atoms with Gasteiger partial charge in [-0.2, -0.15) is 0 Å². The van der Waals surface area contributed by atoms with Gasteiger partial charge in [0.25, 0.3) is 5.91 Å². The SMILES string of the molecule is Cc1ccc(C(=O)NC[C@@H](C)CCN2CCN(Cc3ccc(Cl)c(Cl)c3)CC2)cc1. The Morgan fingerprint density at radius 1 is 1.00 bits per heavy atom. The Bertz CT molecular complexity index is 833. The molecule has 1 N–H and O–H groups in total. The van der Waals surface area contributed by atoms with Gasteiger partial charge in [-0.1, -0.05) is 53.9 Å². The fourth-order valence-electron chi connectivity index (χ4n) is 3.65. The summed E-state index contributed by atoms with van der Waals surface area (Å²) in [6, 6.07) is 13.6. The van der Waals surface area contributed by atoms with Crippen LogP contribution in [0.25, 0.3) is 0 Å². The van der Waals surface area contributed by atoms with Crippen molar-refractivity contribution in [3.63, 3.8) is 0 Å². The molecule has 0 radical (unpaired) electrons. The van der Waals surface area contributed by atoms with Crippen LogP contribution in [-0.4, -0.2) is 55.0 Å². The van der Waals surface area contributed by atoms with Gasteiger partial charge in [-0.05, 0) is 55.6 Å². The highest BCUT2D eigenvalue weighted by Gasteiger charge is 2.18. The average Bonchev–Trinajstić information content (AvgIpc) is 2.74. The molecule has 4 nitrogen and oxygen atoms in total. The third-order valence-electron chi connectivity index (χ3n) is 5.72. The Kier molecular flexibility index (Phi) is 8.58. The molecule has 1 aliphatic heterocycles. The minimum absolute atomic E-state index is 0.0118. The summed E-state index contributed by atoms with van der Waals surface area (Å²) in [7, 11) is 0. The number of piperazine rings is 1. The molecule has 0 saturated carbocycles. The Morgan fingerprint density at radius 3 is 2.33 bits per heavy atom. The number of halogens is 2. The Balaban J connectivity index is 1.33. The summed E-state index contributed by atoms with van der Waals surface area (Å²) >= 11 is 12.1. The second-order valence-electron chi connectivity index (χ2n) is 8.34. The predicted octanol–water partition coefficient (Wildman–Crippen LogP) is 4.88. The molecule has 0 bridgehead atoms. The van der Waals surface area contributed by atoms with Gasteiger partial charge in [-0.15, -0.1) is 0 Å². The number of benzene rings is 2. The third kappa shape index (κ3) is 6.98. The van der Waals surface area contributed by atoms with Gasteiger partial charge in [0.15, 0.2) is 0 Å². The molecular formula is C24H31Cl2N3O. The monoisotopic (exact) mass is 447 g/mol. The number of carbonyl (C=O) groups is 1. The van der Waals surface area contributed by atoms with Gasteiger partial charge in [0, 0.05) is 44.8 Å². The number of hydrogen-bond acceptors (Lipinski definition) is 3. The van der Waals surface area contributed by atoms with Crippen LogP contribution in [0.5, 0.6) is 0 Å². The van der Waals surface area contributed by atoms with E-state index in [4.69, 9.17) is 23.2 Å². The zero-order valence-electron chi connectivity index (χ0n) is 17.8. The van der Waals surface area contributed by atoms with E-state index in [2.05, 4.69) is 22.0 Å². The molecule has 0 aromatic heterocycles. The van der Waals surface area contributed by atoms with E-state index >= 15 is 0 Å². The molecular weight excluding hydrogens is 417 g/mol. The number of carbonyl (C=O) groups excluding carboxylic acids is 1. The number of aryl methyl sites for hydroxylation is 1. The van der Waals surface area contributed by atoms with Gasteiger partial charge in [-0.3, -0.25) is 9.69 Å². The first kappa shape index (κ1) is 23.1. The van der Waals surface area contributed by atoms with E-state index in [0.717, 1.165) is 56.8 Å². The van der Waals surface area contributed by atoms with Gasteiger partial charge >= 0.3 is 0 Å². The van der Waals surface area contributed by atoms with Gasteiger partial charge in [0.05, 0.1) is 10.0 Å². The van der Waals surface area contributed by atoms with Crippen molar-refractivity contribution in [2.24, 2.45) is 5.92 Å². The fourth-order valence-corrected chi connectivity index (χ4v) is 3.97. The largest absolute Gasteiger partial charge is 0.352 e. The average molecular weight is 448 g/mol. The first-order chi connectivity index (χ1) is 14.4. The molecule has 2 aromatic rings. The van der Waals surface area contributed by atoms with Gasteiger partial charge in [-0.25, -0.2) is 0 Å². The lowest BCUT2D eigenvalue weighted by atomic mass is 10.1. The first-order valence-corrected chi connectivity index (χ1v) is 11.4. The van der Waals surface area contributed by atoms with Crippen molar-refractivity contribution < 1.29 is 4.79 Å². The molecule has 1 saturated heterocycles. The summed E-state index contributed by atoms with van der Waals surface area (Å²) < 4.78 is 0. The lowest BCUT2D eigenvalue weighted by Gasteiger charge is -2.35. The van der Waals surface area contributed by atoms with E-state index in [9.17, 15) is 4.79 Å². The Morgan fingerprint density at radius 2 is 1.67 bits per heavy atom. The highest BCUT2D eigenvalue weighted by atomic mass is 35.5. The number of nitrogens with one attached hydrogen (secondary N) is 1. The number of nitrogens with zero attached hydrogens (tertiary/aromatic N) is 2. The molecule has 2 aromatic carbocycles. The van der Waals surface area contributed by atoms with Crippen LogP contribution in [0.3, 0.4) is 0 Å². The van der Waals surface area contributed by atoms with Crippen LogP contribution in [-0.2, 0) is 6.54 Å². The van der Waals surface area contributed by atoms with E-state index in [1.54, 1.807) is 0 Å². The predicted molar refractivity (Wildman–Crippen MR) is 125 cm³/mol. The Labute approximate surface area is 190 Å². The number of rotatable bonds is 8. The van der Waals surface area contributed by atoms with Crippen molar-refractivity contribution in [3.8, 4) is 0 Å². The van der Waals surface area contributed by atoms with E-state index in [1.165, 1.54) is 5.56 Å². The maximum Gasteiger partial charge on any atom is 0.251 e. The van der Waals surface area contributed by atoms with Crippen LogP contribution in [0.4, 0.5) is 0 Å². The van der Waals surface area contributed by atoms with Crippen LogP contribution >= 0.6 is 23.2 Å². The summed E-state index contributed by atoms with van der Waals surface area (Å²) in [5.41, 5.74) is 3.10. The normalized spacial score (nSPS) is 16.4. The van der Waals surface area contributed by atoms with Gasteiger partial charge in [0.2, 0.25) is 0 Å². The minimum Gasteiger partial charge on any atom is -0.352 e. The van der Waals surface area contributed by atoms with Crippen molar-refractivity contribution in [1.29, 1.82) is 0 Å². The molecule has 6 heteroatoms. The van der Waals surface area contributed by atoms with E-state index in [1.807, 2.05) is 49.4 Å². The van der Waals surface area contributed by atoms with Crippen LogP contribution in [0.1, 0.15) is 34.8 Å². The summed E-state index contributed by atoms with van der Waals surface area (Å²) in [5, 5.41) is 4.29. The Hall–Kier alpha value is -1.59. The number of hydrogen-bond donors (Lipinski definition) is 1. The van der Waals surface area contributed by atoms with Crippen LogP contribution < -0.4 is 5.32 Å². The first-order valence-electron chi connectivity index (χ1n) is 10.6. The zero-order valence-corrected chi connectivity index (χ0v) is 19.3. The minimum atomic E-state index is 0.0118. The number of amides is 1. The molecule has 1 amide bonds. The summed E-state index contributed by atoms with van der Waals surface area (Å²) in [6.07, 6.45) is 1.08. The quantitative estimate of drug-likeness (QED) is 0.626. The van der Waals surface area contributed by atoms with Crippen LogP contribution in [0.15, 0.2) is 42.5 Å². The molecule has 3 rings (SSSR count). The highest BCUT2D eigenvalue weighted by molar-refractivity contribution is 6.42. The molecule has 1 aliphatic rings. The maximum atomic E-state index is 12.2. The third-order valence-corrected chi connectivity index (χ3v) is 6.46. The fraction of sp³-hybridized carbons (Fsp3) is 0.458. The second-order valence-corrected chi connectivity index (χ2v) is 9.15. The summed E-state index contributed by atoms with van der Waals surface area (Å²) in [5.74, 6) is 0.464. The summed E-state index contributed by atoms with van der Waals surface area (Å²) in [4.78, 5) is 17.2. The molecule has 0 spiro atoms. The van der Waals surface area contributed by atoms with Crippen LogP contribution in [0.2, 0.25) is 10.0 Å². The smallest absolute Gasteiger partial charge is 0.251 e. The maximum absolute atomic E-state index is 12.2. The molecule has 30 heavy (non-hydrogen) atoms. The van der Waals surface area contributed by atoms with E-state index in [-0.39, 0.29) is 5.91 Å². The molecule has 1 heterocycles. The van der Waals surface area contributed by atoms with Gasteiger partial charge < -0.3 is 10.2 Å². The van der Waals surface area contributed by atoms with Crippen molar-refractivity contribution in [3.05, 3.63) is 69.2 Å². The second kappa shape index (κ2) is 11.1. The molecule has 0 unspecified atom stereocenters. The lowest BCUT2D eigenvalue weighted by Crippen LogP contribution is -2.46. The molecule has 0 aliphatic carbocycles. The van der Waals surface area contributed by atoms with E-state index in [0.29, 0.717) is 22.5 Å². The van der Waals surface area contributed by atoms with Crippen molar-refractivity contribution in [2.45, 2.75) is 26.8 Å². The zero-order chi connectivity index (χ0) is 21.5. The van der Waals surface area contributed by atoms with Gasteiger partial charge in [0.1, 0.15) is 0 Å².